The van der Waals surface area contributed by atoms with Gasteiger partial charge < -0.3 is 10.1 Å². The number of ether oxygens (including phenoxy) is 1. The van der Waals surface area contributed by atoms with Crippen LogP contribution in [0.3, 0.4) is 0 Å². The topological polar surface area (TPSA) is 45.6 Å². The van der Waals surface area contributed by atoms with Gasteiger partial charge in [0.05, 0.1) is 19.0 Å². The first kappa shape index (κ1) is 15.5. The fraction of sp³-hybridized carbons (Fsp3) is 0.0667. The van der Waals surface area contributed by atoms with Gasteiger partial charge in [-0.3, -0.25) is 5.43 Å². The summed E-state index contributed by atoms with van der Waals surface area (Å²) in [5.74, 6) is 0.721. The molecule has 0 aliphatic rings. The first-order valence-electron chi connectivity index (χ1n) is 6.17. The van der Waals surface area contributed by atoms with Crippen LogP contribution in [0.4, 0.5) is 5.69 Å². The average Bonchev–Trinajstić information content (AvgIpc) is 2.50. The molecule has 4 nitrogen and oxygen atoms in total. The Hall–Kier alpha value is -1.92. The first-order chi connectivity index (χ1) is 10.2. The fourth-order valence-corrected chi connectivity index (χ4v) is 2.04. The van der Waals surface area contributed by atoms with E-state index in [4.69, 9.17) is 17.0 Å². The molecule has 0 atom stereocenters. The molecule has 6 heteroatoms. The quantitative estimate of drug-likeness (QED) is 0.493. The lowest BCUT2D eigenvalue weighted by Gasteiger charge is -2.10. The van der Waals surface area contributed by atoms with Crippen molar-refractivity contribution in [3.63, 3.8) is 0 Å². The van der Waals surface area contributed by atoms with Crippen molar-refractivity contribution < 1.29 is 4.74 Å². The van der Waals surface area contributed by atoms with Crippen LogP contribution in [0.5, 0.6) is 5.75 Å². The summed E-state index contributed by atoms with van der Waals surface area (Å²) in [7, 11) is 1.61. The molecular weight excluding hydrogens is 350 g/mol. The number of rotatable bonds is 4. The van der Waals surface area contributed by atoms with E-state index in [0.29, 0.717) is 5.11 Å². The largest absolute Gasteiger partial charge is 0.495 e. The molecule has 0 aromatic heterocycles. The van der Waals surface area contributed by atoms with Gasteiger partial charge in [-0.05, 0) is 42.0 Å². The van der Waals surface area contributed by atoms with Crippen LogP contribution in [0, 0.1) is 0 Å². The van der Waals surface area contributed by atoms with E-state index in [9.17, 15) is 0 Å². The van der Waals surface area contributed by atoms with Crippen LogP contribution in [0.1, 0.15) is 5.56 Å². The number of anilines is 1. The SMILES string of the molecule is COc1ccccc1NC(=S)NN=Cc1ccc(Br)cc1. The Morgan fingerprint density at radius 2 is 1.90 bits per heavy atom. The molecule has 0 saturated heterocycles. The van der Waals surface area contributed by atoms with Crippen molar-refractivity contribution in [2.75, 3.05) is 12.4 Å². The zero-order valence-corrected chi connectivity index (χ0v) is 13.7. The summed E-state index contributed by atoms with van der Waals surface area (Å²) in [6, 6.07) is 15.3. The van der Waals surface area contributed by atoms with Crippen LogP contribution in [-0.2, 0) is 0 Å². The summed E-state index contributed by atoms with van der Waals surface area (Å²) in [4.78, 5) is 0. The highest BCUT2D eigenvalue weighted by Crippen LogP contribution is 2.22. The molecule has 0 unspecified atom stereocenters. The molecule has 0 heterocycles. The van der Waals surface area contributed by atoms with Gasteiger partial charge in [0, 0.05) is 4.47 Å². The van der Waals surface area contributed by atoms with Gasteiger partial charge in [-0.15, -0.1) is 0 Å². The summed E-state index contributed by atoms with van der Waals surface area (Å²) in [6.45, 7) is 0. The number of methoxy groups -OCH3 is 1. The summed E-state index contributed by atoms with van der Waals surface area (Å²) in [5, 5.41) is 7.52. The van der Waals surface area contributed by atoms with Crippen molar-refractivity contribution >= 4 is 45.2 Å². The highest BCUT2D eigenvalue weighted by atomic mass is 79.9. The van der Waals surface area contributed by atoms with Crippen LogP contribution in [0.2, 0.25) is 0 Å². The number of benzene rings is 2. The maximum atomic E-state index is 5.24. The molecule has 21 heavy (non-hydrogen) atoms. The van der Waals surface area contributed by atoms with Crippen molar-refractivity contribution in [2.24, 2.45) is 5.10 Å². The molecule has 2 aromatic carbocycles. The van der Waals surface area contributed by atoms with Crippen molar-refractivity contribution in [1.82, 2.24) is 5.43 Å². The monoisotopic (exact) mass is 363 g/mol. The summed E-state index contributed by atoms with van der Waals surface area (Å²) in [6.07, 6.45) is 1.70. The summed E-state index contributed by atoms with van der Waals surface area (Å²) in [5.41, 5.74) is 4.53. The van der Waals surface area contributed by atoms with E-state index in [2.05, 4.69) is 31.8 Å². The Bertz CT molecular complexity index is 644. The molecular formula is C15H14BrN3OS. The Balaban J connectivity index is 1.91. The van der Waals surface area contributed by atoms with Gasteiger partial charge in [0.15, 0.2) is 5.11 Å². The first-order valence-corrected chi connectivity index (χ1v) is 7.38. The van der Waals surface area contributed by atoms with Gasteiger partial charge in [0.1, 0.15) is 5.75 Å². The highest BCUT2D eigenvalue weighted by Gasteiger charge is 2.02. The minimum atomic E-state index is 0.396. The van der Waals surface area contributed by atoms with E-state index < -0.39 is 0 Å². The van der Waals surface area contributed by atoms with Crippen molar-refractivity contribution in [2.45, 2.75) is 0 Å². The third kappa shape index (κ3) is 4.84. The third-order valence-corrected chi connectivity index (χ3v) is 3.33. The normalized spacial score (nSPS) is 10.4. The molecule has 2 rings (SSSR count). The predicted molar refractivity (Wildman–Crippen MR) is 94.1 cm³/mol. The van der Waals surface area contributed by atoms with E-state index in [0.717, 1.165) is 21.5 Å². The second-order valence-corrected chi connectivity index (χ2v) is 5.40. The number of hydrogen-bond donors (Lipinski definition) is 2. The Kier molecular flexibility index (Phi) is 5.71. The minimum absolute atomic E-state index is 0.396. The highest BCUT2D eigenvalue weighted by molar-refractivity contribution is 9.10. The number of para-hydroxylation sites is 2. The molecule has 0 fully saturated rings. The number of hydrazone groups is 1. The molecule has 0 aliphatic heterocycles. The smallest absolute Gasteiger partial charge is 0.191 e. The van der Waals surface area contributed by atoms with E-state index in [-0.39, 0.29) is 0 Å². The number of thiocarbonyl (C=S) groups is 1. The lowest BCUT2D eigenvalue weighted by Crippen LogP contribution is -2.24. The van der Waals surface area contributed by atoms with Crippen LogP contribution in [0.25, 0.3) is 0 Å². The molecule has 2 aromatic rings. The molecule has 0 radical (unpaired) electrons. The van der Waals surface area contributed by atoms with Crippen LogP contribution >= 0.6 is 28.1 Å². The van der Waals surface area contributed by atoms with E-state index >= 15 is 0 Å². The molecule has 0 saturated carbocycles. The number of nitrogens with zero attached hydrogens (tertiary/aromatic N) is 1. The van der Waals surface area contributed by atoms with Crippen molar-refractivity contribution in [1.29, 1.82) is 0 Å². The molecule has 0 spiro atoms. The van der Waals surface area contributed by atoms with Crippen molar-refractivity contribution in [3.05, 3.63) is 58.6 Å². The van der Waals surface area contributed by atoms with E-state index in [1.165, 1.54) is 0 Å². The third-order valence-electron chi connectivity index (χ3n) is 2.60. The maximum absolute atomic E-state index is 5.24. The van der Waals surface area contributed by atoms with E-state index in [1.54, 1.807) is 13.3 Å². The van der Waals surface area contributed by atoms with Gasteiger partial charge >= 0.3 is 0 Å². The number of hydrogen-bond acceptors (Lipinski definition) is 3. The second-order valence-electron chi connectivity index (χ2n) is 4.08. The molecule has 0 aliphatic carbocycles. The molecule has 108 valence electrons. The van der Waals surface area contributed by atoms with Gasteiger partial charge in [-0.2, -0.15) is 5.10 Å². The Morgan fingerprint density at radius 1 is 1.19 bits per heavy atom. The summed E-state index contributed by atoms with van der Waals surface area (Å²) >= 11 is 8.57. The van der Waals surface area contributed by atoms with Gasteiger partial charge in [0.2, 0.25) is 0 Å². The van der Waals surface area contributed by atoms with Crippen LogP contribution in [-0.4, -0.2) is 18.4 Å². The number of halogens is 1. The molecule has 0 amide bonds. The van der Waals surface area contributed by atoms with Gasteiger partial charge in [-0.25, -0.2) is 0 Å². The Morgan fingerprint density at radius 3 is 2.62 bits per heavy atom. The summed E-state index contributed by atoms with van der Waals surface area (Å²) < 4.78 is 6.27. The fourth-order valence-electron chi connectivity index (χ4n) is 1.61. The van der Waals surface area contributed by atoms with Crippen LogP contribution in [0.15, 0.2) is 58.1 Å². The average molecular weight is 364 g/mol. The van der Waals surface area contributed by atoms with Crippen LogP contribution < -0.4 is 15.5 Å². The molecule has 0 bridgehead atoms. The van der Waals surface area contributed by atoms with Gasteiger partial charge in [-0.1, -0.05) is 40.2 Å². The standard InChI is InChI=1S/C15H14BrN3OS/c1-20-14-5-3-2-4-13(14)18-15(21)19-17-10-11-6-8-12(16)9-7-11/h2-10H,1H3,(H2,18,19,21). The zero-order valence-electron chi connectivity index (χ0n) is 11.3. The maximum Gasteiger partial charge on any atom is 0.191 e. The van der Waals surface area contributed by atoms with E-state index in [1.807, 2.05) is 48.5 Å². The lowest BCUT2D eigenvalue weighted by atomic mass is 10.2. The predicted octanol–water partition coefficient (Wildman–Crippen LogP) is 3.78. The second kappa shape index (κ2) is 7.75. The van der Waals surface area contributed by atoms with Gasteiger partial charge in [0.25, 0.3) is 0 Å². The Labute approximate surface area is 137 Å². The minimum Gasteiger partial charge on any atom is -0.495 e. The number of nitrogens with one attached hydrogen (secondary N) is 2. The van der Waals surface area contributed by atoms with Crippen molar-refractivity contribution in [3.8, 4) is 5.75 Å². The lowest BCUT2D eigenvalue weighted by molar-refractivity contribution is 0.417. The molecule has 2 N–H and O–H groups in total. The zero-order chi connectivity index (χ0) is 15.1.